The van der Waals surface area contributed by atoms with Gasteiger partial charge >= 0.3 is 0 Å². The average molecular weight is 430 g/mol. The van der Waals surface area contributed by atoms with Crippen molar-refractivity contribution in [2.45, 2.75) is 65.7 Å². The van der Waals surface area contributed by atoms with Crippen LogP contribution in [-0.4, -0.2) is 17.2 Å². The van der Waals surface area contributed by atoms with Gasteiger partial charge in [-0.3, -0.25) is 0 Å². The van der Waals surface area contributed by atoms with E-state index in [4.69, 9.17) is 4.74 Å². The van der Waals surface area contributed by atoms with Crippen molar-refractivity contribution >= 4 is 22.5 Å². The first-order chi connectivity index (χ1) is 15.3. The van der Waals surface area contributed by atoms with E-state index in [0.29, 0.717) is 12.5 Å². The third-order valence-corrected chi connectivity index (χ3v) is 6.79. The number of aliphatic hydroxyl groups is 1. The van der Waals surface area contributed by atoms with E-state index in [0.717, 1.165) is 39.8 Å². The van der Waals surface area contributed by atoms with Crippen LogP contribution in [0.5, 0.6) is 0 Å². The summed E-state index contributed by atoms with van der Waals surface area (Å²) in [6.07, 6.45) is 3.28. The van der Waals surface area contributed by atoms with Crippen molar-refractivity contribution in [2.24, 2.45) is 0 Å². The van der Waals surface area contributed by atoms with Crippen molar-refractivity contribution in [2.75, 3.05) is 11.4 Å². The minimum absolute atomic E-state index is 0.0118. The Balaban J connectivity index is 1.56. The molecule has 4 rings (SSSR count). The van der Waals surface area contributed by atoms with Crippen molar-refractivity contribution < 1.29 is 9.84 Å². The molecule has 0 aromatic heterocycles. The molecule has 3 nitrogen and oxygen atoms in total. The highest BCUT2D eigenvalue weighted by atomic mass is 16.5. The Morgan fingerprint density at radius 1 is 1.09 bits per heavy atom. The lowest BCUT2D eigenvalue weighted by molar-refractivity contribution is 0.199. The summed E-state index contributed by atoms with van der Waals surface area (Å²) in [5.41, 5.74) is 6.04. The predicted molar refractivity (Wildman–Crippen MR) is 135 cm³/mol. The largest absolute Gasteiger partial charge is 0.494 e. The maximum absolute atomic E-state index is 9.83. The number of allylic oxidation sites excluding steroid dienone is 1. The van der Waals surface area contributed by atoms with Crippen molar-refractivity contribution in [3.05, 3.63) is 82.6 Å². The second kappa shape index (κ2) is 8.99. The number of hydrogen-bond acceptors (Lipinski definition) is 3. The minimum Gasteiger partial charge on any atom is -0.494 e. The lowest BCUT2D eigenvalue weighted by Gasteiger charge is -2.47. The molecule has 32 heavy (non-hydrogen) atoms. The monoisotopic (exact) mass is 429 g/mol. The molecule has 1 aliphatic heterocycles. The van der Waals surface area contributed by atoms with Gasteiger partial charge in [-0.05, 0) is 97.3 Å². The molecule has 1 N–H and O–H groups in total. The zero-order valence-corrected chi connectivity index (χ0v) is 20.0. The van der Waals surface area contributed by atoms with E-state index in [2.05, 4.69) is 81.1 Å². The highest BCUT2D eigenvalue weighted by molar-refractivity contribution is 5.84. The fourth-order valence-electron chi connectivity index (χ4n) is 5.28. The Morgan fingerprint density at radius 3 is 2.44 bits per heavy atom. The number of anilines is 1. The Labute approximate surface area is 192 Å². The molecule has 168 valence electrons. The van der Waals surface area contributed by atoms with E-state index in [1.54, 1.807) is 0 Å². The van der Waals surface area contributed by atoms with Crippen LogP contribution in [0.1, 0.15) is 69.2 Å². The second-order valence-electron chi connectivity index (χ2n) is 9.65. The number of nitrogens with zero attached hydrogens (tertiary/aromatic N) is 1. The molecule has 0 saturated carbocycles. The first-order valence-corrected chi connectivity index (χ1v) is 11.7. The molecular weight excluding hydrogens is 394 g/mol. The van der Waals surface area contributed by atoms with E-state index in [-0.39, 0.29) is 12.1 Å². The minimum atomic E-state index is 0.0118. The van der Waals surface area contributed by atoms with E-state index < -0.39 is 0 Å². The van der Waals surface area contributed by atoms with Crippen LogP contribution in [0.15, 0.2) is 60.4 Å². The van der Waals surface area contributed by atoms with Crippen LogP contribution in [0, 0.1) is 0 Å². The summed E-state index contributed by atoms with van der Waals surface area (Å²) in [5, 5.41) is 12.1. The number of aliphatic hydroxyl groups excluding tert-OH is 1. The zero-order chi connectivity index (χ0) is 22.9. The first-order valence-electron chi connectivity index (χ1n) is 11.7. The Bertz CT molecular complexity index is 1150. The van der Waals surface area contributed by atoms with Gasteiger partial charge in [0.05, 0.1) is 12.4 Å². The summed E-state index contributed by atoms with van der Waals surface area (Å²) in [6, 6.07) is 19.2. The molecule has 3 heteroatoms. The highest BCUT2D eigenvalue weighted by Crippen LogP contribution is 2.43. The van der Waals surface area contributed by atoms with E-state index in [1.807, 2.05) is 19.1 Å². The van der Waals surface area contributed by atoms with Gasteiger partial charge < -0.3 is 14.7 Å². The lowest BCUT2D eigenvalue weighted by atomic mass is 9.79. The molecule has 0 radical (unpaired) electrons. The SMILES string of the molecule is CCN1c2cc(C=C(C)OCc3cc4ccccc4cc3CO)ccc2C(C)CC1(C)C. The molecule has 1 unspecified atom stereocenters. The number of benzene rings is 3. The highest BCUT2D eigenvalue weighted by Gasteiger charge is 2.35. The third-order valence-electron chi connectivity index (χ3n) is 6.79. The van der Waals surface area contributed by atoms with Gasteiger partial charge in [0, 0.05) is 17.8 Å². The molecule has 0 saturated heterocycles. The van der Waals surface area contributed by atoms with Crippen LogP contribution in [0.2, 0.25) is 0 Å². The van der Waals surface area contributed by atoms with Gasteiger partial charge in [0.2, 0.25) is 0 Å². The van der Waals surface area contributed by atoms with Crippen LogP contribution in [0.25, 0.3) is 16.8 Å². The van der Waals surface area contributed by atoms with Crippen LogP contribution >= 0.6 is 0 Å². The molecule has 1 atom stereocenters. The van der Waals surface area contributed by atoms with Crippen molar-refractivity contribution in [1.29, 1.82) is 0 Å². The van der Waals surface area contributed by atoms with Crippen LogP contribution in [0.3, 0.4) is 0 Å². The molecular formula is C29H35NO2. The molecule has 0 aliphatic carbocycles. The Hall–Kier alpha value is -2.78. The summed E-state index contributed by atoms with van der Waals surface area (Å²) >= 11 is 0. The molecule has 0 fully saturated rings. The molecule has 3 aromatic carbocycles. The van der Waals surface area contributed by atoms with Gasteiger partial charge in [0.25, 0.3) is 0 Å². The molecule has 0 amide bonds. The quantitative estimate of drug-likeness (QED) is 0.427. The van der Waals surface area contributed by atoms with Gasteiger partial charge in [-0.2, -0.15) is 0 Å². The van der Waals surface area contributed by atoms with Crippen LogP contribution in [-0.2, 0) is 18.0 Å². The maximum atomic E-state index is 9.83. The second-order valence-corrected chi connectivity index (χ2v) is 9.65. The first kappa shape index (κ1) is 22.4. The van der Waals surface area contributed by atoms with Gasteiger partial charge in [0.15, 0.2) is 0 Å². The van der Waals surface area contributed by atoms with Gasteiger partial charge in [-0.25, -0.2) is 0 Å². The lowest BCUT2D eigenvalue weighted by Crippen LogP contribution is -2.48. The van der Waals surface area contributed by atoms with Gasteiger partial charge in [-0.15, -0.1) is 0 Å². The number of hydrogen-bond donors (Lipinski definition) is 1. The predicted octanol–water partition coefficient (Wildman–Crippen LogP) is 7.02. The van der Waals surface area contributed by atoms with E-state index in [9.17, 15) is 5.11 Å². The van der Waals surface area contributed by atoms with Crippen molar-refractivity contribution in [3.8, 4) is 0 Å². The topological polar surface area (TPSA) is 32.7 Å². The van der Waals surface area contributed by atoms with E-state index >= 15 is 0 Å². The Morgan fingerprint density at radius 2 is 1.78 bits per heavy atom. The summed E-state index contributed by atoms with van der Waals surface area (Å²) in [7, 11) is 0. The smallest absolute Gasteiger partial charge is 0.113 e. The molecule has 0 bridgehead atoms. The molecule has 3 aromatic rings. The number of ether oxygens (including phenoxy) is 1. The molecule has 0 spiro atoms. The normalized spacial score (nSPS) is 18.0. The van der Waals surface area contributed by atoms with Crippen molar-refractivity contribution in [3.63, 3.8) is 0 Å². The fraction of sp³-hybridized carbons (Fsp3) is 0.379. The summed E-state index contributed by atoms with van der Waals surface area (Å²) in [5.74, 6) is 1.43. The zero-order valence-electron chi connectivity index (χ0n) is 20.0. The molecule has 1 heterocycles. The van der Waals surface area contributed by atoms with Crippen LogP contribution < -0.4 is 4.90 Å². The fourth-order valence-corrected chi connectivity index (χ4v) is 5.28. The molecule has 1 aliphatic rings. The summed E-state index contributed by atoms with van der Waals surface area (Å²) < 4.78 is 6.12. The maximum Gasteiger partial charge on any atom is 0.113 e. The van der Waals surface area contributed by atoms with Gasteiger partial charge in [0.1, 0.15) is 6.61 Å². The standard InChI is InChI=1S/C29H35NO2/c1-6-30-28-14-22(11-12-27(28)20(2)17-29(30,4)5)13-21(3)32-19-26-16-24-10-8-7-9-23(24)15-25(26)18-31/h7-16,20,31H,6,17-19H2,1-5H3. The third kappa shape index (κ3) is 4.40. The van der Waals surface area contributed by atoms with E-state index in [1.165, 1.54) is 17.7 Å². The summed E-state index contributed by atoms with van der Waals surface area (Å²) in [6.45, 7) is 12.7. The van der Waals surface area contributed by atoms with Gasteiger partial charge in [-0.1, -0.05) is 43.3 Å². The van der Waals surface area contributed by atoms with Crippen LogP contribution in [0.4, 0.5) is 5.69 Å². The average Bonchev–Trinajstić information content (AvgIpc) is 2.76. The number of fused-ring (bicyclic) bond motifs is 2. The number of rotatable bonds is 6. The Kier molecular flexibility index (Phi) is 6.30. The summed E-state index contributed by atoms with van der Waals surface area (Å²) in [4.78, 5) is 2.53. The van der Waals surface area contributed by atoms with Crippen molar-refractivity contribution in [1.82, 2.24) is 0 Å².